The van der Waals surface area contributed by atoms with Crippen LogP contribution in [-0.2, 0) is 14.3 Å². The minimum absolute atomic E-state index is 0.0187. The van der Waals surface area contributed by atoms with E-state index in [1.165, 1.54) is 6.08 Å². The summed E-state index contributed by atoms with van der Waals surface area (Å²) in [6.07, 6.45) is 1.20. The zero-order valence-electron chi connectivity index (χ0n) is 14.0. The van der Waals surface area contributed by atoms with Gasteiger partial charge in [-0.05, 0) is 32.3 Å². The van der Waals surface area contributed by atoms with E-state index >= 15 is 0 Å². The van der Waals surface area contributed by atoms with Crippen LogP contribution in [0.5, 0.6) is 0 Å². The molecule has 0 spiro atoms. The molecule has 0 amide bonds. The second kappa shape index (κ2) is 7.88. The lowest BCUT2D eigenvalue weighted by molar-refractivity contribution is -0.166. The number of aliphatic hydroxyl groups excluding tert-OH is 2. The topological polar surface area (TPSA) is 83.8 Å². The third-order valence-corrected chi connectivity index (χ3v) is 4.49. The van der Waals surface area contributed by atoms with Crippen LogP contribution >= 0.6 is 0 Å². The summed E-state index contributed by atoms with van der Waals surface area (Å²) in [5.74, 6) is -1.95. The van der Waals surface area contributed by atoms with E-state index in [2.05, 4.69) is 0 Å². The van der Waals surface area contributed by atoms with Crippen LogP contribution in [-0.4, -0.2) is 40.3 Å². The van der Waals surface area contributed by atoms with Gasteiger partial charge in [0.2, 0.25) is 0 Å². The number of hydrogen-bond acceptors (Lipinski definition) is 5. The van der Waals surface area contributed by atoms with E-state index < -0.39 is 30.2 Å². The Kier molecular flexibility index (Phi) is 6.75. The normalized spacial score (nSPS) is 41.0. The summed E-state index contributed by atoms with van der Waals surface area (Å²) in [4.78, 5) is 24.3. The van der Waals surface area contributed by atoms with Crippen LogP contribution in [0.3, 0.4) is 0 Å². The number of hydrogen-bond donors (Lipinski definition) is 2. The second-order valence-electron chi connectivity index (χ2n) is 6.66. The smallest absolute Gasteiger partial charge is 0.311 e. The second-order valence-corrected chi connectivity index (χ2v) is 6.66. The molecule has 1 rings (SSSR count). The molecule has 126 valence electrons. The Balaban J connectivity index is 3.11. The predicted octanol–water partition coefficient (Wildman–Crippen LogP) is 1.71. The lowest BCUT2D eigenvalue weighted by Gasteiger charge is -2.30. The van der Waals surface area contributed by atoms with Crippen LogP contribution in [0.25, 0.3) is 0 Å². The highest BCUT2D eigenvalue weighted by molar-refractivity contribution is 5.91. The first-order valence-corrected chi connectivity index (χ1v) is 7.93. The molecular formula is C17H28O5. The quantitative estimate of drug-likeness (QED) is 0.720. The number of ether oxygens (including phenoxy) is 1. The maximum atomic E-state index is 12.2. The molecule has 0 aromatic carbocycles. The lowest BCUT2D eigenvalue weighted by atomic mass is 9.84. The van der Waals surface area contributed by atoms with Crippen molar-refractivity contribution < 1.29 is 24.5 Å². The first-order valence-electron chi connectivity index (χ1n) is 7.93. The molecule has 0 fully saturated rings. The number of ketones is 1. The van der Waals surface area contributed by atoms with Crippen LogP contribution in [0.2, 0.25) is 0 Å². The van der Waals surface area contributed by atoms with Crippen LogP contribution in [0, 0.1) is 23.7 Å². The van der Waals surface area contributed by atoms with Crippen molar-refractivity contribution in [3.8, 4) is 0 Å². The van der Waals surface area contributed by atoms with Crippen LogP contribution in [0.15, 0.2) is 12.2 Å². The van der Waals surface area contributed by atoms with Crippen molar-refractivity contribution in [1.82, 2.24) is 0 Å². The molecule has 1 aliphatic rings. The van der Waals surface area contributed by atoms with Crippen LogP contribution < -0.4 is 0 Å². The van der Waals surface area contributed by atoms with E-state index in [-0.39, 0.29) is 23.5 Å². The molecule has 0 saturated heterocycles. The third kappa shape index (κ3) is 4.65. The van der Waals surface area contributed by atoms with E-state index in [1.54, 1.807) is 26.8 Å². The highest BCUT2D eigenvalue weighted by Crippen LogP contribution is 2.25. The van der Waals surface area contributed by atoms with Crippen molar-refractivity contribution in [1.29, 1.82) is 0 Å². The zero-order valence-corrected chi connectivity index (χ0v) is 14.0. The Morgan fingerprint density at radius 2 is 1.82 bits per heavy atom. The molecule has 0 saturated carbocycles. The molecular weight excluding hydrogens is 284 g/mol. The highest BCUT2D eigenvalue weighted by atomic mass is 16.6. The Morgan fingerprint density at radius 1 is 1.23 bits per heavy atom. The molecule has 7 atom stereocenters. The maximum Gasteiger partial charge on any atom is 0.311 e. The molecule has 1 aliphatic heterocycles. The van der Waals surface area contributed by atoms with Gasteiger partial charge in [0.05, 0.1) is 18.1 Å². The highest BCUT2D eigenvalue weighted by Gasteiger charge is 2.34. The number of cyclic esters (lactones) is 1. The van der Waals surface area contributed by atoms with Gasteiger partial charge in [-0.1, -0.05) is 26.8 Å². The third-order valence-electron chi connectivity index (χ3n) is 4.49. The molecule has 0 bridgehead atoms. The zero-order chi connectivity index (χ0) is 17.0. The first-order chi connectivity index (χ1) is 10.1. The SMILES string of the molecule is C[C@@H]1C[C@H](C)[C@H](O)[C@@H](C)C(=O)O[C@H]([C@@H](C)O)[C@@H](C)/C=C\C1=O. The largest absolute Gasteiger partial charge is 0.459 e. The van der Waals surface area contributed by atoms with E-state index in [0.29, 0.717) is 6.42 Å². The monoisotopic (exact) mass is 312 g/mol. The van der Waals surface area contributed by atoms with Crippen molar-refractivity contribution in [3.63, 3.8) is 0 Å². The van der Waals surface area contributed by atoms with E-state index in [0.717, 1.165) is 0 Å². The van der Waals surface area contributed by atoms with Crippen LogP contribution in [0.1, 0.15) is 41.0 Å². The van der Waals surface area contributed by atoms with Crippen molar-refractivity contribution in [2.45, 2.75) is 59.4 Å². The lowest BCUT2D eigenvalue weighted by Crippen LogP contribution is -2.40. The van der Waals surface area contributed by atoms with Gasteiger partial charge in [-0.15, -0.1) is 0 Å². The van der Waals surface area contributed by atoms with Gasteiger partial charge in [0.25, 0.3) is 0 Å². The van der Waals surface area contributed by atoms with E-state index in [9.17, 15) is 19.8 Å². The molecule has 5 heteroatoms. The Hall–Kier alpha value is -1.20. The molecule has 1 heterocycles. The molecule has 0 unspecified atom stereocenters. The minimum atomic E-state index is -0.879. The standard InChI is InChI=1S/C17H28O5/c1-9-6-7-14(19)10(2)8-11(3)15(20)12(4)17(21)22-16(9)13(5)18/h6-7,9-13,15-16,18,20H,8H2,1-5H3/b7-6-/t9-,10+,11-,12+,13+,15-,16-/m0/s1. The van der Waals surface area contributed by atoms with Gasteiger partial charge >= 0.3 is 5.97 Å². The summed E-state index contributed by atoms with van der Waals surface area (Å²) in [7, 11) is 0. The average Bonchev–Trinajstić information content (AvgIpc) is 2.46. The van der Waals surface area contributed by atoms with Crippen molar-refractivity contribution in [2.24, 2.45) is 23.7 Å². The summed E-state index contributed by atoms with van der Waals surface area (Å²) in [6, 6.07) is 0. The molecule has 22 heavy (non-hydrogen) atoms. The van der Waals surface area contributed by atoms with Crippen molar-refractivity contribution in [3.05, 3.63) is 12.2 Å². The van der Waals surface area contributed by atoms with Crippen LogP contribution in [0.4, 0.5) is 0 Å². The molecule has 0 radical (unpaired) electrons. The molecule has 5 nitrogen and oxygen atoms in total. The first kappa shape index (κ1) is 18.8. The van der Waals surface area contributed by atoms with Gasteiger partial charge < -0.3 is 14.9 Å². The average molecular weight is 312 g/mol. The Morgan fingerprint density at radius 3 is 2.36 bits per heavy atom. The van der Waals surface area contributed by atoms with Gasteiger partial charge in [0, 0.05) is 11.8 Å². The predicted molar refractivity (Wildman–Crippen MR) is 83.0 cm³/mol. The summed E-state index contributed by atoms with van der Waals surface area (Å²) >= 11 is 0. The number of aliphatic hydroxyl groups is 2. The molecule has 0 aromatic heterocycles. The molecule has 0 aromatic rings. The van der Waals surface area contributed by atoms with Gasteiger partial charge in [-0.25, -0.2) is 0 Å². The molecule has 0 aliphatic carbocycles. The fourth-order valence-corrected chi connectivity index (χ4v) is 2.85. The number of rotatable bonds is 1. The summed E-state index contributed by atoms with van der Waals surface area (Å²) < 4.78 is 5.38. The fraction of sp³-hybridized carbons (Fsp3) is 0.765. The van der Waals surface area contributed by atoms with Crippen molar-refractivity contribution >= 4 is 11.8 Å². The fourth-order valence-electron chi connectivity index (χ4n) is 2.85. The number of carbonyl (C=O) groups is 2. The minimum Gasteiger partial charge on any atom is -0.459 e. The van der Waals surface area contributed by atoms with Gasteiger partial charge in [0.1, 0.15) is 6.10 Å². The Labute approximate surface area is 132 Å². The van der Waals surface area contributed by atoms with Crippen molar-refractivity contribution in [2.75, 3.05) is 0 Å². The van der Waals surface area contributed by atoms with Gasteiger partial charge in [0.15, 0.2) is 5.78 Å². The maximum absolute atomic E-state index is 12.2. The Bertz CT molecular complexity index is 429. The number of allylic oxidation sites excluding steroid dienone is 1. The summed E-state index contributed by atoms with van der Waals surface area (Å²) in [5.41, 5.74) is 0. The summed E-state index contributed by atoms with van der Waals surface area (Å²) in [5, 5.41) is 20.1. The molecule has 2 N–H and O–H groups in total. The number of carbonyl (C=O) groups excluding carboxylic acids is 2. The summed E-state index contributed by atoms with van der Waals surface area (Å²) in [6.45, 7) is 8.59. The van der Waals surface area contributed by atoms with Gasteiger partial charge in [-0.2, -0.15) is 0 Å². The van der Waals surface area contributed by atoms with E-state index in [1.807, 2.05) is 13.8 Å². The van der Waals surface area contributed by atoms with E-state index in [4.69, 9.17) is 4.74 Å². The van der Waals surface area contributed by atoms with Gasteiger partial charge in [-0.3, -0.25) is 9.59 Å². The number of esters is 1.